The first-order valence-corrected chi connectivity index (χ1v) is 7.63. The fraction of sp³-hybridized carbons (Fsp3) is 0.500. The molecule has 0 aliphatic carbocycles. The Labute approximate surface area is 117 Å². The second-order valence-electron chi connectivity index (χ2n) is 4.58. The Balaban J connectivity index is 2.05. The molecule has 102 valence electrons. The monoisotopic (exact) mass is 277 g/mol. The van der Waals surface area contributed by atoms with Gasteiger partial charge in [-0.05, 0) is 17.9 Å². The van der Waals surface area contributed by atoms with Crippen molar-refractivity contribution in [3.8, 4) is 0 Å². The van der Waals surface area contributed by atoms with Crippen LogP contribution in [0.1, 0.15) is 53.7 Å². The van der Waals surface area contributed by atoms with Gasteiger partial charge < -0.3 is 0 Å². The van der Waals surface area contributed by atoms with E-state index < -0.39 is 0 Å². The van der Waals surface area contributed by atoms with E-state index in [1.807, 2.05) is 16.1 Å². The van der Waals surface area contributed by atoms with E-state index in [1.54, 1.807) is 11.3 Å². The first-order chi connectivity index (χ1) is 9.35. The molecule has 0 aliphatic heterocycles. The molecule has 0 unspecified atom stereocenters. The molecule has 2 aromatic rings. The summed E-state index contributed by atoms with van der Waals surface area (Å²) in [5.41, 5.74) is 1.41. The molecular formula is C14H19N3OS. The Bertz CT molecular complexity index is 505. The van der Waals surface area contributed by atoms with Crippen LogP contribution in [0.15, 0.2) is 17.5 Å². The molecule has 0 radical (unpaired) electrons. The van der Waals surface area contributed by atoms with Gasteiger partial charge in [0, 0.05) is 17.8 Å². The van der Waals surface area contributed by atoms with Crippen molar-refractivity contribution < 1.29 is 4.79 Å². The lowest BCUT2D eigenvalue weighted by Gasteiger charge is -2.05. The Morgan fingerprint density at radius 2 is 2.26 bits per heavy atom. The molecule has 0 N–H and O–H groups in total. The molecule has 0 aliphatic rings. The predicted octanol–water partition coefficient (Wildman–Crippen LogP) is 3.32. The van der Waals surface area contributed by atoms with Crippen LogP contribution in [0.3, 0.4) is 0 Å². The zero-order valence-corrected chi connectivity index (χ0v) is 12.0. The number of carbonyl (C=O) groups is 1. The van der Waals surface area contributed by atoms with Gasteiger partial charge in [0.2, 0.25) is 0 Å². The lowest BCUT2D eigenvalue weighted by atomic mass is 10.2. The summed E-state index contributed by atoms with van der Waals surface area (Å²) in [4.78, 5) is 12.3. The van der Waals surface area contributed by atoms with Crippen LogP contribution in [0.5, 0.6) is 0 Å². The van der Waals surface area contributed by atoms with Gasteiger partial charge in [0.05, 0.1) is 5.69 Å². The standard InChI is InChI=1S/C14H19N3OS/c1-2-3-4-5-8-17-14(13(11-18)15-16-17)10-12-7-6-9-19-12/h6-7,9,11H,2-5,8,10H2,1H3. The highest BCUT2D eigenvalue weighted by Crippen LogP contribution is 2.16. The van der Waals surface area contributed by atoms with Crippen LogP contribution in [0.2, 0.25) is 0 Å². The summed E-state index contributed by atoms with van der Waals surface area (Å²) in [6, 6.07) is 4.10. The second kappa shape index (κ2) is 7.19. The van der Waals surface area contributed by atoms with E-state index in [0.717, 1.165) is 31.4 Å². The maximum Gasteiger partial charge on any atom is 0.172 e. The molecule has 0 fully saturated rings. The van der Waals surface area contributed by atoms with Crippen molar-refractivity contribution in [3.63, 3.8) is 0 Å². The fourth-order valence-electron chi connectivity index (χ4n) is 2.07. The molecule has 0 atom stereocenters. The van der Waals surface area contributed by atoms with Crippen LogP contribution in [-0.4, -0.2) is 21.3 Å². The molecule has 0 saturated carbocycles. The highest BCUT2D eigenvalue weighted by Gasteiger charge is 2.13. The quantitative estimate of drug-likeness (QED) is 0.549. The average molecular weight is 277 g/mol. The minimum Gasteiger partial charge on any atom is -0.296 e. The van der Waals surface area contributed by atoms with Crippen molar-refractivity contribution in [2.75, 3.05) is 0 Å². The van der Waals surface area contributed by atoms with Gasteiger partial charge in [-0.15, -0.1) is 16.4 Å². The number of aromatic nitrogens is 3. The maximum absolute atomic E-state index is 11.0. The highest BCUT2D eigenvalue weighted by molar-refractivity contribution is 7.09. The number of hydrogen-bond donors (Lipinski definition) is 0. The zero-order chi connectivity index (χ0) is 13.5. The Hall–Kier alpha value is -1.49. The molecule has 0 aromatic carbocycles. The Morgan fingerprint density at radius 1 is 1.37 bits per heavy atom. The first-order valence-electron chi connectivity index (χ1n) is 6.75. The molecule has 4 nitrogen and oxygen atoms in total. The van der Waals surface area contributed by atoms with E-state index >= 15 is 0 Å². The lowest BCUT2D eigenvalue weighted by molar-refractivity contribution is 0.111. The molecule has 2 rings (SSSR count). The Kier molecular flexibility index (Phi) is 5.27. The molecule has 0 amide bonds. The number of thiophene rings is 1. The normalized spacial score (nSPS) is 10.8. The predicted molar refractivity (Wildman–Crippen MR) is 76.7 cm³/mol. The smallest absolute Gasteiger partial charge is 0.172 e. The molecule has 5 heteroatoms. The summed E-state index contributed by atoms with van der Waals surface area (Å²) in [7, 11) is 0. The third kappa shape index (κ3) is 3.73. The molecule has 2 heterocycles. The van der Waals surface area contributed by atoms with Crippen LogP contribution in [0.4, 0.5) is 0 Å². The van der Waals surface area contributed by atoms with Gasteiger partial charge in [-0.1, -0.05) is 37.5 Å². The topological polar surface area (TPSA) is 47.8 Å². The van der Waals surface area contributed by atoms with Crippen LogP contribution >= 0.6 is 11.3 Å². The minimum absolute atomic E-state index is 0.476. The highest BCUT2D eigenvalue weighted by atomic mass is 32.1. The third-order valence-electron chi connectivity index (χ3n) is 3.12. The van der Waals surface area contributed by atoms with Crippen LogP contribution in [-0.2, 0) is 13.0 Å². The SMILES string of the molecule is CCCCCCn1nnc(C=O)c1Cc1cccs1. The van der Waals surface area contributed by atoms with Crippen LogP contribution in [0, 0.1) is 0 Å². The number of hydrogen-bond acceptors (Lipinski definition) is 4. The maximum atomic E-state index is 11.0. The summed E-state index contributed by atoms with van der Waals surface area (Å²) >= 11 is 1.70. The number of unbranched alkanes of at least 4 members (excludes halogenated alkanes) is 3. The largest absolute Gasteiger partial charge is 0.296 e. The van der Waals surface area contributed by atoms with E-state index in [2.05, 4.69) is 23.3 Å². The van der Waals surface area contributed by atoms with Crippen molar-refractivity contribution in [2.24, 2.45) is 0 Å². The fourth-order valence-corrected chi connectivity index (χ4v) is 2.77. The van der Waals surface area contributed by atoms with Gasteiger partial charge in [0.1, 0.15) is 5.69 Å². The van der Waals surface area contributed by atoms with Gasteiger partial charge >= 0.3 is 0 Å². The number of nitrogens with zero attached hydrogens (tertiary/aromatic N) is 3. The Morgan fingerprint density at radius 3 is 2.95 bits per heavy atom. The van der Waals surface area contributed by atoms with Crippen molar-refractivity contribution >= 4 is 17.6 Å². The summed E-state index contributed by atoms with van der Waals surface area (Å²) in [6.07, 6.45) is 6.30. The van der Waals surface area contributed by atoms with Gasteiger partial charge in [-0.2, -0.15) is 0 Å². The van der Waals surface area contributed by atoms with E-state index in [-0.39, 0.29) is 0 Å². The van der Waals surface area contributed by atoms with Gasteiger partial charge in [-0.3, -0.25) is 4.79 Å². The van der Waals surface area contributed by atoms with E-state index in [4.69, 9.17) is 0 Å². The first kappa shape index (κ1) is 13.9. The number of carbonyl (C=O) groups excluding carboxylic acids is 1. The van der Waals surface area contributed by atoms with Crippen molar-refractivity contribution in [1.29, 1.82) is 0 Å². The molecule has 2 aromatic heterocycles. The summed E-state index contributed by atoms with van der Waals surface area (Å²) < 4.78 is 1.89. The second-order valence-corrected chi connectivity index (χ2v) is 5.61. The summed E-state index contributed by atoms with van der Waals surface area (Å²) in [5, 5.41) is 10.1. The summed E-state index contributed by atoms with van der Waals surface area (Å²) in [5.74, 6) is 0. The third-order valence-corrected chi connectivity index (χ3v) is 4.00. The van der Waals surface area contributed by atoms with Crippen molar-refractivity contribution in [1.82, 2.24) is 15.0 Å². The molecule has 0 bridgehead atoms. The van der Waals surface area contributed by atoms with Gasteiger partial charge in [-0.25, -0.2) is 4.68 Å². The van der Waals surface area contributed by atoms with Crippen LogP contribution < -0.4 is 0 Å². The minimum atomic E-state index is 0.476. The molecular weight excluding hydrogens is 258 g/mol. The van der Waals surface area contributed by atoms with Gasteiger partial charge in [0.15, 0.2) is 6.29 Å². The van der Waals surface area contributed by atoms with Crippen LogP contribution in [0.25, 0.3) is 0 Å². The van der Waals surface area contributed by atoms with E-state index in [0.29, 0.717) is 5.69 Å². The summed E-state index contributed by atoms with van der Waals surface area (Å²) in [6.45, 7) is 3.05. The van der Waals surface area contributed by atoms with Crippen molar-refractivity contribution in [3.05, 3.63) is 33.8 Å². The van der Waals surface area contributed by atoms with Crippen molar-refractivity contribution in [2.45, 2.75) is 45.6 Å². The average Bonchev–Trinajstić information content (AvgIpc) is 3.06. The number of aldehydes is 1. The van der Waals surface area contributed by atoms with Gasteiger partial charge in [0.25, 0.3) is 0 Å². The molecule has 19 heavy (non-hydrogen) atoms. The number of rotatable bonds is 8. The van der Waals surface area contributed by atoms with E-state index in [9.17, 15) is 4.79 Å². The number of aryl methyl sites for hydroxylation is 1. The molecule has 0 spiro atoms. The molecule has 0 saturated heterocycles. The lowest BCUT2D eigenvalue weighted by Crippen LogP contribution is -2.06. The zero-order valence-electron chi connectivity index (χ0n) is 11.2. The van der Waals surface area contributed by atoms with E-state index in [1.165, 1.54) is 24.1 Å².